The minimum Gasteiger partial charge on any atom is -0.342 e. The normalized spacial score (nSPS) is 11.1. The summed E-state index contributed by atoms with van der Waals surface area (Å²) < 4.78 is 0. The van der Waals surface area contributed by atoms with Crippen molar-refractivity contribution in [2.45, 2.75) is 6.42 Å². The van der Waals surface area contributed by atoms with E-state index in [0.29, 0.717) is 6.54 Å². The second-order valence-electron chi connectivity index (χ2n) is 4.43. The molecule has 0 aliphatic rings. The van der Waals surface area contributed by atoms with Crippen molar-refractivity contribution in [1.29, 1.82) is 0 Å². The molecule has 4 heteroatoms. The van der Waals surface area contributed by atoms with Crippen LogP contribution in [0.5, 0.6) is 0 Å². The summed E-state index contributed by atoms with van der Waals surface area (Å²) in [6.45, 7) is 0.590. The van der Waals surface area contributed by atoms with Crippen LogP contribution in [0.3, 0.4) is 0 Å². The molecule has 96 valence electrons. The number of imidazole rings is 1. The third kappa shape index (κ3) is 2.35. The summed E-state index contributed by atoms with van der Waals surface area (Å²) in [6.07, 6.45) is 0.754. The fraction of sp³-hybridized carbons (Fsp3) is 0.133. The molecule has 19 heavy (non-hydrogen) atoms. The number of aromatic nitrogens is 2. The predicted molar refractivity (Wildman–Crippen MR) is 79.3 cm³/mol. The number of aromatic amines is 1. The summed E-state index contributed by atoms with van der Waals surface area (Å²) >= 11 is 6.06. The van der Waals surface area contributed by atoms with E-state index in [1.165, 1.54) is 0 Å². The lowest BCUT2D eigenvalue weighted by Crippen LogP contribution is -2.03. The molecule has 0 saturated carbocycles. The van der Waals surface area contributed by atoms with Gasteiger partial charge in [0.2, 0.25) is 0 Å². The highest BCUT2D eigenvalue weighted by atomic mass is 35.5. The Bertz CT molecular complexity index is 718. The van der Waals surface area contributed by atoms with E-state index in [0.717, 1.165) is 39.4 Å². The molecule has 0 radical (unpaired) electrons. The Hall–Kier alpha value is -1.84. The van der Waals surface area contributed by atoms with Crippen LogP contribution in [0.15, 0.2) is 42.5 Å². The highest BCUT2D eigenvalue weighted by Crippen LogP contribution is 2.28. The van der Waals surface area contributed by atoms with E-state index in [1.807, 2.05) is 36.4 Å². The van der Waals surface area contributed by atoms with Gasteiger partial charge in [-0.2, -0.15) is 0 Å². The average Bonchev–Trinajstić information content (AvgIpc) is 2.81. The monoisotopic (exact) mass is 271 g/mol. The molecule has 0 saturated heterocycles. The summed E-state index contributed by atoms with van der Waals surface area (Å²) in [7, 11) is 0. The average molecular weight is 272 g/mol. The van der Waals surface area contributed by atoms with Crippen LogP contribution >= 0.6 is 11.6 Å². The fourth-order valence-corrected chi connectivity index (χ4v) is 2.42. The largest absolute Gasteiger partial charge is 0.342 e. The van der Waals surface area contributed by atoms with Crippen LogP contribution in [0.4, 0.5) is 0 Å². The Morgan fingerprint density at radius 2 is 2.00 bits per heavy atom. The van der Waals surface area contributed by atoms with Crippen molar-refractivity contribution in [2.24, 2.45) is 5.73 Å². The van der Waals surface area contributed by atoms with Crippen molar-refractivity contribution in [3.05, 3.63) is 53.3 Å². The number of benzene rings is 2. The summed E-state index contributed by atoms with van der Waals surface area (Å²) in [5, 5.41) is 0.729. The highest BCUT2D eigenvalue weighted by molar-refractivity contribution is 6.30. The van der Waals surface area contributed by atoms with E-state index in [4.69, 9.17) is 17.3 Å². The molecule has 1 heterocycles. The van der Waals surface area contributed by atoms with Crippen molar-refractivity contribution in [3.63, 3.8) is 0 Å². The first-order valence-electron chi connectivity index (χ1n) is 6.21. The van der Waals surface area contributed by atoms with Crippen molar-refractivity contribution < 1.29 is 0 Å². The van der Waals surface area contributed by atoms with Gasteiger partial charge in [0.05, 0.1) is 11.0 Å². The van der Waals surface area contributed by atoms with Gasteiger partial charge in [-0.05, 0) is 30.3 Å². The van der Waals surface area contributed by atoms with Crippen LogP contribution in [-0.4, -0.2) is 16.5 Å². The zero-order valence-electron chi connectivity index (χ0n) is 10.4. The summed E-state index contributed by atoms with van der Waals surface area (Å²) in [6, 6.07) is 13.9. The molecule has 0 amide bonds. The number of H-pyrrole nitrogens is 1. The molecule has 3 rings (SSSR count). The van der Waals surface area contributed by atoms with Crippen LogP contribution in [0.1, 0.15) is 5.82 Å². The number of nitrogens with one attached hydrogen (secondary N) is 1. The number of para-hydroxylation sites is 1. The van der Waals surface area contributed by atoms with Crippen LogP contribution < -0.4 is 5.73 Å². The zero-order chi connectivity index (χ0) is 13.2. The predicted octanol–water partition coefficient (Wildman–Crippen LogP) is 3.38. The number of nitrogens with zero attached hydrogens (tertiary/aromatic N) is 1. The Balaban J connectivity index is 2.18. The number of rotatable bonds is 3. The Labute approximate surface area is 116 Å². The smallest absolute Gasteiger partial charge is 0.108 e. The van der Waals surface area contributed by atoms with Gasteiger partial charge in [0.25, 0.3) is 0 Å². The SMILES string of the molecule is NCCc1nc2c(-c3cccc(Cl)c3)cccc2[nH]1. The molecular weight excluding hydrogens is 258 g/mol. The van der Waals surface area contributed by atoms with Crippen molar-refractivity contribution in [2.75, 3.05) is 6.54 Å². The molecule has 0 unspecified atom stereocenters. The van der Waals surface area contributed by atoms with Crippen LogP contribution in [-0.2, 0) is 6.42 Å². The maximum Gasteiger partial charge on any atom is 0.108 e. The van der Waals surface area contributed by atoms with Gasteiger partial charge < -0.3 is 10.7 Å². The van der Waals surface area contributed by atoms with Gasteiger partial charge in [-0.3, -0.25) is 0 Å². The van der Waals surface area contributed by atoms with Gasteiger partial charge in [0, 0.05) is 17.0 Å². The molecule has 0 fully saturated rings. The van der Waals surface area contributed by atoms with E-state index in [2.05, 4.69) is 16.0 Å². The molecule has 0 aliphatic carbocycles. The molecule has 1 aromatic heterocycles. The molecule has 0 atom stereocenters. The standard InChI is InChI=1S/C15H14ClN3/c16-11-4-1-3-10(9-11)12-5-2-6-13-15(12)19-14(18-13)7-8-17/h1-6,9H,7-8,17H2,(H,18,19). The molecule has 0 bridgehead atoms. The topological polar surface area (TPSA) is 54.7 Å². The lowest BCUT2D eigenvalue weighted by molar-refractivity contribution is 0.900. The second kappa shape index (κ2) is 5.03. The Kier molecular flexibility index (Phi) is 3.23. The van der Waals surface area contributed by atoms with E-state index >= 15 is 0 Å². The fourth-order valence-electron chi connectivity index (χ4n) is 2.23. The van der Waals surface area contributed by atoms with Gasteiger partial charge >= 0.3 is 0 Å². The molecule has 2 aromatic carbocycles. The van der Waals surface area contributed by atoms with E-state index < -0.39 is 0 Å². The number of halogens is 1. The molecule has 0 aliphatic heterocycles. The molecule has 3 nitrogen and oxygen atoms in total. The Morgan fingerprint density at radius 3 is 2.79 bits per heavy atom. The van der Waals surface area contributed by atoms with Gasteiger partial charge in [0.1, 0.15) is 5.82 Å². The van der Waals surface area contributed by atoms with Crippen molar-refractivity contribution >= 4 is 22.6 Å². The van der Waals surface area contributed by atoms with Crippen molar-refractivity contribution in [3.8, 4) is 11.1 Å². The second-order valence-corrected chi connectivity index (χ2v) is 4.87. The minimum atomic E-state index is 0.590. The maximum atomic E-state index is 6.06. The molecular formula is C15H14ClN3. The first kappa shape index (κ1) is 12.2. The first-order valence-corrected chi connectivity index (χ1v) is 6.59. The number of fused-ring (bicyclic) bond motifs is 1. The highest BCUT2D eigenvalue weighted by Gasteiger charge is 2.08. The van der Waals surface area contributed by atoms with Crippen molar-refractivity contribution in [1.82, 2.24) is 9.97 Å². The zero-order valence-corrected chi connectivity index (χ0v) is 11.1. The first-order chi connectivity index (χ1) is 9.28. The van der Waals surface area contributed by atoms with Gasteiger partial charge in [-0.15, -0.1) is 0 Å². The Morgan fingerprint density at radius 1 is 1.16 bits per heavy atom. The lowest BCUT2D eigenvalue weighted by Gasteiger charge is -2.02. The van der Waals surface area contributed by atoms with Gasteiger partial charge in [0.15, 0.2) is 0 Å². The van der Waals surface area contributed by atoms with E-state index in [-0.39, 0.29) is 0 Å². The third-order valence-corrected chi connectivity index (χ3v) is 3.31. The minimum absolute atomic E-state index is 0.590. The molecule has 3 aromatic rings. The van der Waals surface area contributed by atoms with Crippen LogP contribution in [0.2, 0.25) is 5.02 Å². The number of hydrogen-bond acceptors (Lipinski definition) is 2. The van der Waals surface area contributed by atoms with Crippen LogP contribution in [0, 0.1) is 0 Å². The lowest BCUT2D eigenvalue weighted by atomic mass is 10.0. The van der Waals surface area contributed by atoms with Gasteiger partial charge in [-0.25, -0.2) is 4.98 Å². The molecule has 0 spiro atoms. The van der Waals surface area contributed by atoms with E-state index in [9.17, 15) is 0 Å². The van der Waals surface area contributed by atoms with E-state index in [1.54, 1.807) is 0 Å². The molecule has 3 N–H and O–H groups in total. The summed E-state index contributed by atoms with van der Waals surface area (Å²) in [4.78, 5) is 7.93. The quantitative estimate of drug-likeness (QED) is 0.767. The summed E-state index contributed by atoms with van der Waals surface area (Å²) in [5.74, 6) is 0.923. The number of hydrogen-bond donors (Lipinski definition) is 2. The number of nitrogens with two attached hydrogens (primary N) is 1. The third-order valence-electron chi connectivity index (χ3n) is 3.08. The van der Waals surface area contributed by atoms with Gasteiger partial charge in [-0.1, -0.05) is 35.9 Å². The summed E-state index contributed by atoms with van der Waals surface area (Å²) in [5.41, 5.74) is 9.72. The maximum absolute atomic E-state index is 6.06. The van der Waals surface area contributed by atoms with Crippen LogP contribution in [0.25, 0.3) is 22.2 Å².